The number of methoxy groups -OCH3 is 1. The van der Waals surface area contributed by atoms with Crippen LogP contribution in [0.4, 0.5) is 17.2 Å². The van der Waals surface area contributed by atoms with Crippen LogP contribution in [0.25, 0.3) is 0 Å². The van der Waals surface area contributed by atoms with E-state index in [4.69, 9.17) is 11.0 Å². The maximum absolute atomic E-state index is 11.6. The number of anilines is 3. The number of carbonyl (C=O) groups is 1. The summed E-state index contributed by atoms with van der Waals surface area (Å²) >= 11 is 0. The average Bonchev–Trinajstić information content (AvgIpc) is 2.51. The van der Waals surface area contributed by atoms with Crippen LogP contribution in [0.3, 0.4) is 0 Å². The van der Waals surface area contributed by atoms with Crippen molar-refractivity contribution in [2.75, 3.05) is 18.2 Å². The van der Waals surface area contributed by atoms with Crippen molar-refractivity contribution in [3.05, 3.63) is 47.7 Å². The number of ether oxygens (including phenoxy) is 1. The van der Waals surface area contributed by atoms with E-state index >= 15 is 0 Å². The monoisotopic (exact) mass is 282 g/mol. The predicted molar refractivity (Wildman–Crippen MR) is 79.0 cm³/mol. The molecule has 0 saturated heterocycles. The lowest BCUT2D eigenvalue weighted by molar-refractivity contribution is 0.0602. The molecule has 2 aromatic rings. The molecule has 106 valence electrons. The molecule has 6 nitrogen and oxygen atoms in total. The van der Waals surface area contributed by atoms with Gasteiger partial charge in [0, 0.05) is 11.9 Å². The summed E-state index contributed by atoms with van der Waals surface area (Å²) in [5.41, 5.74) is 8.09. The van der Waals surface area contributed by atoms with Crippen LogP contribution in [0.15, 0.2) is 36.5 Å². The molecule has 1 aromatic carbocycles. The van der Waals surface area contributed by atoms with Gasteiger partial charge in [0.25, 0.3) is 0 Å². The molecule has 0 aliphatic rings. The number of hydrogen-bond acceptors (Lipinski definition) is 6. The number of carbonyl (C=O) groups excluding carboxylic acids is 1. The van der Waals surface area contributed by atoms with Crippen molar-refractivity contribution in [3.63, 3.8) is 0 Å². The summed E-state index contributed by atoms with van der Waals surface area (Å²) in [5, 5.41) is 11.7. The van der Waals surface area contributed by atoms with Crippen molar-refractivity contribution in [2.45, 2.75) is 6.42 Å². The van der Waals surface area contributed by atoms with Gasteiger partial charge in [-0.25, -0.2) is 9.78 Å². The first-order chi connectivity index (χ1) is 10.2. The Labute approximate surface area is 122 Å². The van der Waals surface area contributed by atoms with E-state index in [1.165, 1.54) is 19.4 Å². The summed E-state index contributed by atoms with van der Waals surface area (Å²) in [7, 11) is 1.29. The molecular formula is C15H14N4O2. The van der Waals surface area contributed by atoms with E-state index in [1.807, 2.05) is 24.3 Å². The Morgan fingerprint density at radius 1 is 1.38 bits per heavy atom. The lowest BCUT2D eigenvalue weighted by Gasteiger charge is -2.11. The molecule has 0 atom stereocenters. The fraction of sp³-hybridized carbons (Fsp3) is 0.133. The smallest absolute Gasteiger partial charge is 0.340 e. The molecule has 0 bridgehead atoms. The summed E-state index contributed by atoms with van der Waals surface area (Å²) < 4.78 is 4.66. The van der Waals surface area contributed by atoms with Crippen LogP contribution in [0.1, 0.15) is 15.9 Å². The van der Waals surface area contributed by atoms with E-state index in [0.29, 0.717) is 12.2 Å². The van der Waals surface area contributed by atoms with Crippen molar-refractivity contribution in [1.29, 1.82) is 5.26 Å². The van der Waals surface area contributed by atoms with Gasteiger partial charge in [-0.1, -0.05) is 12.1 Å². The zero-order chi connectivity index (χ0) is 15.2. The lowest BCUT2D eigenvalue weighted by atomic mass is 10.1. The van der Waals surface area contributed by atoms with Crippen molar-refractivity contribution in [3.8, 4) is 6.07 Å². The number of esters is 1. The minimum absolute atomic E-state index is 0.227. The summed E-state index contributed by atoms with van der Waals surface area (Å²) in [4.78, 5) is 15.7. The molecule has 21 heavy (non-hydrogen) atoms. The molecule has 2 rings (SSSR count). The number of aromatic nitrogens is 1. The first kappa shape index (κ1) is 14.3. The second-order valence-corrected chi connectivity index (χ2v) is 4.27. The molecule has 0 amide bonds. The molecule has 0 saturated carbocycles. The number of nitrogens with two attached hydrogens (primary N) is 1. The number of nitriles is 1. The first-order valence-electron chi connectivity index (χ1n) is 6.21. The molecule has 0 aliphatic heterocycles. The molecule has 0 radical (unpaired) electrons. The summed E-state index contributed by atoms with van der Waals surface area (Å²) in [6.45, 7) is 0. The SMILES string of the molecule is COC(=O)c1ccnc(Nc2ccc(CC#N)cc2)c1N. The first-order valence-corrected chi connectivity index (χ1v) is 6.21. The minimum Gasteiger partial charge on any atom is -0.465 e. The van der Waals surface area contributed by atoms with Crippen LogP contribution in [0.5, 0.6) is 0 Å². The maximum atomic E-state index is 11.6. The van der Waals surface area contributed by atoms with E-state index in [1.54, 1.807) is 0 Å². The molecular weight excluding hydrogens is 268 g/mol. The van der Waals surface area contributed by atoms with Crippen LogP contribution >= 0.6 is 0 Å². The summed E-state index contributed by atoms with van der Waals surface area (Å²) in [6, 6.07) is 10.9. The third kappa shape index (κ3) is 3.28. The number of nitrogens with zero attached hydrogens (tertiary/aromatic N) is 2. The number of nitrogens with one attached hydrogen (secondary N) is 1. The van der Waals surface area contributed by atoms with Gasteiger partial charge in [0.1, 0.15) is 0 Å². The molecule has 6 heteroatoms. The molecule has 0 fully saturated rings. The Bertz CT molecular complexity index is 690. The van der Waals surface area contributed by atoms with Crippen LogP contribution in [-0.2, 0) is 11.2 Å². The van der Waals surface area contributed by atoms with Gasteiger partial charge >= 0.3 is 5.97 Å². The molecule has 1 aromatic heterocycles. The van der Waals surface area contributed by atoms with Gasteiger partial charge in [-0.15, -0.1) is 0 Å². The number of nitrogen functional groups attached to an aromatic ring is 1. The normalized spacial score (nSPS) is 9.71. The van der Waals surface area contributed by atoms with Gasteiger partial charge < -0.3 is 15.8 Å². The zero-order valence-electron chi connectivity index (χ0n) is 11.5. The van der Waals surface area contributed by atoms with Crippen molar-refractivity contribution < 1.29 is 9.53 Å². The summed E-state index contributed by atoms with van der Waals surface area (Å²) in [5.74, 6) is -0.131. The maximum Gasteiger partial charge on any atom is 0.340 e. The van der Waals surface area contributed by atoms with Gasteiger partial charge in [0.15, 0.2) is 5.82 Å². The van der Waals surface area contributed by atoms with Gasteiger partial charge in [-0.2, -0.15) is 5.26 Å². The Hall–Kier alpha value is -3.07. The lowest BCUT2D eigenvalue weighted by Crippen LogP contribution is -2.09. The van der Waals surface area contributed by atoms with Gasteiger partial charge in [0.05, 0.1) is 30.9 Å². The fourth-order valence-corrected chi connectivity index (χ4v) is 1.79. The van der Waals surface area contributed by atoms with Crippen LogP contribution in [0.2, 0.25) is 0 Å². The molecule has 3 N–H and O–H groups in total. The van der Waals surface area contributed by atoms with E-state index in [9.17, 15) is 4.79 Å². The van der Waals surface area contributed by atoms with Crippen LogP contribution in [0, 0.1) is 11.3 Å². The second-order valence-electron chi connectivity index (χ2n) is 4.27. The zero-order valence-corrected chi connectivity index (χ0v) is 11.5. The Kier molecular flexibility index (Phi) is 4.36. The molecule has 1 heterocycles. The standard InChI is InChI=1S/C15H14N4O2/c1-21-15(20)12-7-9-18-14(13(12)17)19-11-4-2-10(3-5-11)6-8-16/h2-5,7,9H,6,17H2,1H3,(H,18,19). The average molecular weight is 282 g/mol. The van der Waals surface area contributed by atoms with Crippen molar-refractivity contribution in [1.82, 2.24) is 4.98 Å². The fourth-order valence-electron chi connectivity index (χ4n) is 1.79. The topological polar surface area (TPSA) is 101 Å². The van der Waals surface area contributed by atoms with Gasteiger partial charge in [-0.05, 0) is 23.8 Å². The Morgan fingerprint density at radius 3 is 2.71 bits per heavy atom. The molecule has 0 aliphatic carbocycles. The van der Waals surface area contributed by atoms with Crippen molar-refractivity contribution >= 4 is 23.2 Å². The number of pyridine rings is 1. The highest BCUT2D eigenvalue weighted by molar-refractivity contribution is 5.97. The van der Waals surface area contributed by atoms with Crippen LogP contribution < -0.4 is 11.1 Å². The number of rotatable bonds is 4. The van der Waals surface area contributed by atoms with Crippen molar-refractivity contribution in [2.24, 2.45) is 0 Å². The Morgan fingerprint density at radius 2 is 2.10 bits per heavy atom. The highest BCUT2D eigenvalue weighted by atomic mass is 16.5. The molecule has 0 unspecified atom stereocenters. The summed E-state index contributed by atoms with van der Waals surface area (Å²) in [6.07, 6.45) is 1.84. The van der Waals surface area contributed by atoms with E-state index < -0.39 is 5.97 Å². The highest BCUT2D eigenvalue weighted by Gasteiger charge is 2.13. The van der Waals surface area contributed by atoms with Gasteiger partial charge in [0.2, 0.25) is 0 Å². The largest absolute Gasteiger partial charge is 0.465 e. The van der Waals surface area contributed by atoms with E-state index in [2.05, 4.69) is 21.1 Å². The van der Waals surface area contributed by atoms with E-state index in [-0.39, 0.29) is 11.3 Å². The number of hydrogen-bond donors (Lipinski definition) is 2. The third-order valence-electron chi connectivity index (χ3n) is 2.90. The number of benzene rings is 1. The predicted octanol–water partition coefficient (Wildman–Crippen LogP) is 2.26. The third-order valence-corrected chi connectivity index (χ3v) is 2.90. The minimum atomic E-state index is -0.512. The Balaban J connectivity index is 2.23. The quantitative estimate of drug-likeness (QED) is 0.834. The van der Waals surface area contributed by atoms with Gasteiger partial charge in [-0.3, -0.25) is 0 Å². The highest BCUT2D eigenvalue weighted by Crippen LogP contribution is 2.24. The van der Waals surface area contributed by atoms with Crippen LogP contribution in [-0.4, -0.2) is 18.1 Å². The second kappa shape index (κ2) is 6.39. The van der Waals surface area contributed by atoms with E-state index in [0.717, 1.165) is 11.3 Å². The molecule has 0 spiro atoms.